The van der Waals surface area contributed by atoms with Gasteiger partial charge in [-0.1, -0.05) is 6.07 Å². The fraction of sp³-hybridized carbons (Fsp3) is 0.167. The van der Waals surface area contributed by atoms with E-state index in [1.54, 1.807) is 23.8 Å². The molecule has 110 valence electrons. The zero-order chi connectivity index (χ0) is 15.0. The molecule has 0 aliphatic carbocycles. The molecule has 0 amide bonds. The molecule has 0 aliphatic heterocycles. The molecule has 0 aromatic carbocycles. The fourth-order valence-corrected chi connectivity index (χ4v) is 3.95. The first-order valence-corrected chi connectivity index (χ1v) is 8.46. The van der Waals surface area contributed by atoms with Crippen LogP contribution in [0.2, 0.25) is 0 Å². The van der Waals surface area contributed by atoms with Crippen LogP contribution in [0.15, 0.2) is 34.9 Å². The van der Waals surface area contributed by atoms with Crippen molar-refractivity contribution in [1.29, 1.82) is 0 Å². The summed E-state index contributed by atoms with van der Waals surface area (Å²) in [6, 6.07) is 3.68. The maximum absolute atomic E-state index is 12.4. The molecule has 3 N–H and O–H groups in total. The molecule has 3 heterocycles. The molecule has 0 radical (unpaired) electrons. The number of nitrogens with one attached hydrogen (secondary N) is 1. The van der Waals surface area contributed by atoms with Gasteiger partial charge in [0.1, 0.15) is 0 Å². The summed E-state index contributed by atoms with van der Waals surface area (Å²) in [4.78, 5) is 8.74. The zero-order valence-electron chi connectivity index (χ0n) is 11.1. The number of rotatable bonds is 4. The lowest BCUT2D eigenvalue weighted by Gasteiger charge is -2.07. The van der Waals surface area contributed by atoms with E-state index in [2.05, 4.69) is 14.7 Å². The highest BCUT2D eigenvalue weighted by molar-refractivity contribution is 7.89. The van der Waals surface area contributed by atoms with Crippen molar-refractivity contribution in [3.63, 3.8) is 0 Å². The monoisotopic (exact) mass is 323 g/mol. The van der Waals surface area contributed by atoms with Gasteiger partial charge in [-0.25, -0.2) is 18.1 Å². The number of nitrogens with zero attached hydrogens (tertiary/aromatic N) is 3. The summed E-state index contributed by atoms with van der Waals surface area (Å²) in [5.74, 6) is -0.00732. The number of hydrogen-bond acceptors (Lipinski definition) is 6. The Balaban J connectivity index is 1.93. The Morgan fingerprint density at radius 2 is 2.29 bits per heavy atom. The average Bonchev–Trinajstić information content (AvgIpc) is 2.97. The molecule has 0 fully saturated rings. The second-order valence-electron chi connectivity index (χ2n) is 4.45. The van der Waals surface area contributed by atoms with Gasteiger partial charge in [-0.2, -0.15) is 0 Å². The molecule has 0 atom stereocenters. The van der Waals surface area contributed by atoms with Gasteiger partial charge >= 0.3 is 0 Å². The Labute approximate surface area is 125 Å². The molecule has 7 nitrogen and oxygen atoms in total. The number of fused-ring (bicyclic) bond motifs is 1. The molecule has 0 aliphatic rings. The van der Waals surface area contributed by atoms with Gasteiger partial charge in [0, 0.05) is 17.8 Å². The molecule has 0 unspecified atom stereocenters. The third kappa shape index (κ3) is 2.50. The average molecular weight is 323 g/mol. The van der Waals surface area contributed by atoms with E-state index in [4.69, 9.17) is 5.73 Å². The number of thiazole rings is 1. The standard InChI is InChI=1S/C12H13N5O2S2/c1-8-3-2-4-14-9(8)7-15-21(18,19)11-10(13)16-12-17(11)5-6-20-12/h2-6,15H,7,13H2,1H3. The first-order valence-electron chi connectivity index (χ1n) is 6.10. The summed E-state index contributed by atoms with van der Waals surface area (Å²) in [5, 5.41) is 1.72. The fourth-order valence-electron chi connectivity index (χ4n) is 1.98. The van der Waals surface area contributed by atoms with E-state index in [9.17, 15) is 8.42 Å². The molecule has 21 heavy (non-hydrogen) atoms. The Bertz CT molecular complexity index is 897. The number of imidazole rings is 1. The van der Waals surface area contributed by atoms with Crippen LogP contribution in [-0.4, -0.2) is 22.8 Å². The predicted octanol–water partition coefficient (Wildman–Crippen LogP) is 1.16. The second-order valence-corrected chi connectivity index (χ2v) is 7.00. The number of nitrogens with two attached hydrogens (primary N) is 1. The molecule has 0 saturated heterocycles. The highest BCUT2D eigenvalue weighted by Gasteiger charge is 2.24. The van der Waals surface area contributed by atoms with Crippen molar-refractivity contribution in [2.24, 2.45) is 0 Å². The van der Waals surface area contributed by atoms with Gasteiger partial charge in [0.25, 0.3) is 10.0 Å². The van der Waals surface area contributed by atoms with Gasteiger partial charge in [-0.15, -0.1) is 11.3 Å². The van der Waals surface area contributed by atoms with E-state index in [1.165, 1.54) is 15.7 Å². The van der Waals surface area contributed by atoms with Gasteiger partial charge in [0.05, 0.1) is 12.2 Å². The van der Waals surface area contributed by atoms with E-state index >= 15 is 0 Å². The lowest BCUT2D eigenvalue weighted by molar-refractivity contribution is 0.576. The van der Waals surface area contributed by atoms with Crippen LogP contribution in [0.3, 0.4) is 0 Å². The molecule has 3 aromatic heterocycles. The number of hydrogen-bond donors (Lipinski definition) is 2. The Morgan fingerprint density at radius 1 is 1.48 bits per heavy atom. The number of nitrogen functional groups attached to an aromatic ring is 1. The highest BCUT2D eigenvalue weighted by atomic mass is 32.2. The van der Waals surface area contributed by atoms with Crippen molar-refractivity contribution in [2.75, 3.05) is 5.73 Å². The van der Waals surface area contributed by atoms with E-state index in [0.29, 0.717) is 10.7 Å². The van der Waals surface area contributed by atoms with E-state index < -0.39 is 10.0 Å². The van der Waals surface area contributed by atoms with Crippen LogP contribution < -0.4 is 10.5 Å². The molecular formula is C12H13N5O2S2. The van der Waals surface area contributed by atoms with Gasteiger partial charge in [0.15, 0.2) is 15.8 Å². The number of pyridine rings is 1. The summed E-state index contributed by atoms with van der Waals surface area (Å²) >= 11 is 1.32. The smallest absolute Gasteiger partial charge is 0.260 e. The quantitative estimate of drug-likeness (QED) is 0.750. The maximum Gasteiger partial charge on any atom is 0.260 e. The molecular weight excluding hydrogens is 310 g/mol. The largest absolute Gasteiger partial charge is 0.381 e. The minimum atomic E-state index is -3.77. The number of sulfonamides is 1. The van der Waals surface area contributed by atoms with Crippen molar-refractivity contribution in [2.45, 2.75) is 18.5 Å². The van der Waals surface area contributed by atoms with Crippen molar-refractivity contribution in [3.8, 4) is 0 Å². The van der Waals surface area contributed by atoms with Crippen LogP contribution in [0, 0.1) is 6.92 Å². The second kappa shape index (κ2) is 5.10. The number of anilines is 1. The molecule has 3 rings (SSSR count). The van der Waals surface area contributed by atoms with E-state index in [0.717, 1.165) is 5.56 Å². The maximum atomic E-state index is 12.4. The third-order valence-electron chi connectivity index (χ3n) is 3.05. The van der Waals surface area contributed by atoms with Crippen LogP contribution in [-0.2, 0) is 16.6 Å². The minimum absolute atomic E-state index is 0.00732. The van der Waals surface area contributed by atoms with Crippen molar-refractivity contribution in [1.82, 2.24) is 19.1 Å². The van der Waals surface area contributed by atoms with Crippen LogP contribution in [0.1, 0.15) is 11.3 Å². The van der Waals surface area contributed by atoms with Crippen molar-refractivity contribution in [3.05, 3.63) is 41.2 Å². The summed E-state index contributed by atoms with van der Waals surface area (Å²) in [7, 11) is -3.77. The number of aryl methyl sites for hydroxylation is 1. The molecule has 0 spiro atoms. The van der Waals surface area contributed by atoms with Gasteiger partial charge in [-0.05, 0) is 18.6 Å². The Hall–Kier alpha value is -1.97. The Morgan fingerprint density at radius 3 is 3.05 bits per heavy atom. The van der Waals surface area contributed by atoms with E-state index in [-0.39, 0.29) is 17.4 Å². The van der Waals surface area contributed by atoms with Crippen LogP contribution in [0.5, 0.6) is 0 Å². The van der Waals surface area contributed by atoms with Gasteiger partial charge in [0.2, 0.25) is 0 Å². The Kier molecular flexibility index (Phi) is 3.40. The molecule has 3 aromatic rings. The number of aromatic nitrogens is 3. The summed E-state index contributed by atoms with van der Waals surface area (Å²) in [5.41, 5.74) is 7.31. The van der Waals surface area contributed by atoms with Crippen molar-refractivity contribution < 1.29 is 8.42 Å². The minimum Gasteiger partial charge on any atom is -0.381 e. The third-order valence-corrected chi connectivity index (χ3v) is 5.24. The van der Waals surface area contributed by atoms with Gasteiger partial charge < -0.3 is 5.73 Å². The van der Waals surface area contributed by atoms with Crippen molar-refractivity contribution >= 4 is 32.1 Å². The van der Waals surface area contributed by atoms with Crippen LogP contribution in [0.4, 0.5) is 5.82 Å². The topological polar surface area (TPSA) is 102 Å². The van der Waals surface area contributed by atoms with Gasteiger partial charge in [-0.3, -0.25) is 9.38 Å². The summed E-state index contributed by atoms with van der Waals surface area (Å²) < 4.78 is 28.9. The molecule has 0 bridgehead atoms. The van der Waals surface area contributed by atoms with Crippen LogP contribution >= 0.6 is 11.3 Å². The molecule has 9 heteroatoms. The molecule has 0 saturated carbocycles. The first kappa shape index (κ1) is 14.0. The lowest BCUT2D eigenvalue weighted by Crippen LogP contribution is -2.26. The van der Waals surface area contributed by atoms with E-state index in [1.807, 2.05) is 13.0 Å². The van der Waals surface area contributed by atoms with Crippen LogP contribution in [0.25, 0.3) is 4.96 Å². The summed E-state index contributed by atoms with van der Waals surface area (Å²) in [6.45, 7) is 1.98. The highest BCUT2D eigenvalue weighted by Crippen LogP contribution is 2.23. The zero-order valence-corrected chi connectivity index (χ0v) is 12.8. The SMILES string of the molecule is Cc1cccnc1CNS(=O)(=O)c1c(N)nc2sccn12. The summed E-state index contributed by atoms with van der Waals surface area (Å²) in [6.07, 6.45) is 3.25. The first-order chi connectivity index (χ1) is 9.99. The normalized spacial score (nSPS) is 12.0. The predicted molar refractivity (Wildman–Crippen MR) is 80.5 cm³/mol. The lowest BCUT2D eigenvalue weighted by atomic mass is 10.2.